The molecule has 2 atom stereocenters. The van der Waals surface area contributed by atoms with E-state index in [1.54, 1.807) is 6.33 Å². The summed E-state index contributed by atoms with van der Waals surface area (Å²) in [6, 6.07) is 8.01. The number of likely N-dealkylation sites (tertiary alicyclic amines) is 1. The van der Waals surface area contributed by atoms with Crippen LogP contribution < -0.4 is 0 Å². The maximum Gasteiger partial charge on any atom is 0.233 e. The highest BCUT2D eigenvalue weighted by atomic mass is 35.5. The normalized spacial score (nSPS) is 22.9. The van der Waals surface area contributed by atoms with Crippen LogP contribution in [0, 0.1) is 5.92 Å². The number of aromatic nitrogens is 3. The van der Waals surface area contributed by atoms with E-state index in [0.717, 1.165) is 23.8 Å². The fourth-order valence-electron chi connectivity index (χ4n) is 4.27. The molecule has 2 heterocycles. The molecule has 1 amide bonds. The predicted octanol–water partition coefficient (Wildman–Crippen LogP) is 4.19. The number of piperidine rings is 1. The lowest BCUT2D eigenvalue weighted by Gasteiger charge is -2.44. The molecule has 1 aromatic carbocycles. The van der Waals surface area contributed by atoms with Crippen molar-refractivity contribution in [3.8, 4) is 5.69 Å². The van der Waals surface area contributed by atoms with Crippen LogP contribution in [0.4, 0.5) is 0 Å². The Morgan fingerprint density at radius 2 is 2.08 bits per heavy atom. The first-order chi connectivity index (χ1) is 12.7. The van der Waals surface area contributed by atoms with Crippen LogP contribution in [0.15, 0.2) is 35.7 Å². The number of rotatable bonds is 4. The van der Waals surface area contributed by atoms with E-state index in [1.807, 2.05) is 28.8 Å². The number of hydrogen-bond donors (Lipinski definition) is 0. The summed E-state index contributed by atoms with van der Waals surface area (Å²) in [6.45, 7) is 0.904. The predicted molar refractivity (Wildman–Crippen MR) is 104 cm³/mol. The van der Waals surface area contributed by atoms with Gasteiger partial charge in [0.05, 0.1) is 11.4 Å². The van der Waals surface area contributed by atoms with E-state index in [4.69, 9.17) is 11.6 Å². The summed E-state index contributed by atoms with van der Waals surface area (Å²) in [6.07, 6.45) is 9.10. The molecule has 0 N–H and O–H groups in total. The van der Waals surface area contributed by atoms with Gasteiger partial charge in [-0.05, 0) is 49.8 Å². The minimum atomic E-state index is 0.229. The number of hydrogen-bond acceptors (Lipinski definition) is 4. The Balaban J connectivity index is 1.43. The van der Waals surface area contributed by atoms with Crippen molar-refractivity contribution in [1.29, 1.82) is 0 Å². The van der Waals surface area contributed by atoms with Crippen LogP contribution in [0.2, 0.25) is 5.02 Å². The van der Waals surface area contributed by atoms with E-state index in [1.165, 1.54) is 43.9 Å². The van der Waals surface area contributed by atoms with Gasteiger partial charge < -0.3 is 4.90 Å². The Morgan fingerprint density at radius 1 is 1.23 bits per heavy atom. The van der Waals surface area contributed by atoms with Gasteiger partial charge in [-0.3, -0.25) is 9.36 Å². The van der Waals surface area contributed by atoms with E-state index in [0.29, 0.717) is 22.7 Å². The molecule has 4 rings (SSSR count). The molecular formula is C19H23ClN4OS. The molecule has 1 aromatic heterocycles. The molecule has 2 aliphatic rings. The zero-order chi connectivity index (χ0) is 17.9. The van der Waals surface area contributed by atoms with Gasteiger partial charge in [0.2, 0.25) is 5.91 Å². The lowest BCUT2D eigenvalue weighted by Crippen LogP contribution is -2.50. The Hall–Kier alpha value is -1.53. The second-order valence-corrected chi connectivity index (χ2v) is 8.47. The SMILES string of the molecule is O=C(CSc1nncn1-c1cccc(Cl)c1)N1CCC[C@@H]2CCCC[C@@H]21. The smallest absolute Gasteiger partial charge is 0.233 e. The molecular weight excluding hydrogens is 368 g/mol. The fraction of sp³-hybridized carbons (Fsp3) is 0.526. The van der Waals surface area contributed by atoms with E-state index >= 15 is 0 Å². The summed E-state index contributed by atoms with van der Waals surface area (Å²) < 4.78 is 1.88. The van der Waals surface area contributed by atoms with Gasteiger partial charge in [-0.25, -0.2) is 0 Å². The Kier molecular flexibility index (Phi) is 5.50. The third-order valence-corrected chi connectivity index (χ3v) is 6.65. The summed E-state index contributed by atoms with van der Waals surface area (Å²) in [5.41, 5.74) is 0.905. The summed E-state index contributed by atoms with van der Waals surface area (Å²) in [5.74, 6) is 1.34. The number of carbonyl (C=O) groups is 1. The first-order valence-electron chi connectivity index (χ1n) is 9.30. The number of thioether (sulfide) groups is 1. The van der Waals surface area contributed by atoms with Crippen molar-refractivity contribution in [2.45, 2.75) is 49.7 Å². The van der Waals surface area contributed by atoms with Crippen LogP contribution in [-0.2, 0) is 4.79 Å². The molecule has 0 unspecified atom stereocenters. The monoisotopic (exact) mass is 390 g/mol. The van der Waals surface area contributed by atoms with Gasteiger partial charge in [-0.15, -0.1) is 10.2 Å². The number of fused-ring (bicyclic) bond motifs is 1. The molecule has 7 heteroatoms. The Bertz CT molecular complexity index is 778. The molecule has 26 heavy (non-hydrogen) atoms. The fourth-order valence-corrected chi connectivity index (χ4v) is 5.27. The topological polar surface area (TPSA) is 51.0 Å². The van der Waals surface area contributed by atoms with Gasteiger partial charge in [-0.1, -0.05) is 42.3 Å². The quantitative estimate of drug-likeness (QED) is 0.734. The van der Waals surface area contributed by atoms with Crippen molar-refractivity contribution in [1.82, 2.24) is 19.7 Å². The van der Waals surface area contributed by atoms with Crippen LogP contribution >= 0.6 is 23.4 Å². The molecule has 1 aliphatic carbocycles. The van der Waals surface area contributed by atoms with E-state index in [2.05, 4.69) is 15.1 Å². The molecule has 138 valence electrons. The average molecular weight is 391 g/mol. The highest BCUT2D eigenvalue weighted by Crippen LogP contribution is 2.35. The molecule has 5 nitrogen and oxygen atoms in total. The first-order valence-corrected chi connectivity index (χ1v) is 10.7. The van der Waals surface area contributed by atoms with Gasteiger partial charge in [-0.2, -0.15) is 0 Å². The van der Waals surface area contributed by atoms with Crippen LogP contribution in [0.1, 0.15) is 38.5 Å². The Morgan fingerprint density at radius 3 is 2.96 bits per heavy atom. The molecule has 0 radical (unpaired) electrons. The van der Waals surface area contributed by atoms with Crippen LogP contribution in [0.3, 0.4) is 0 Å². The van der Waals surface area contributed by atoms with Crippen LogP contribution in [0.25, 0.3) is 5.69 Å². The summed E-state index contributed by atoms with van der Waals surface area (Å²) in [5, 5.41) is 9.58. The maximum absolute atomic E-state index is 12.9. The zero-order valence-electron chi connectivity index (χ0n) is 14.7. The van der Waals surface area contributed by atoms with Gasteiger partial charge in [0.15, 0.2) is 5.16 Å². The zero-order valence-corrected chi connectivity index (χ0v) is 16.3. The number of nitrogens with zero attached hydrogens (tertiary/aromatic N) is 4. The average Bonchev–Trinajstić information content (AvgIpc) is 3.14. The summed E-state index contributed by atoms with van der Waals surface area (Å²) >= 11 is 7.54. The van der Waals surface area contributed by atoms with Gasteiger partial charge >= 0.3 is 0 Å². The van der Waals surface area contributed by atoms with Gasteiger partial charge in [0.25, 0.3) is 0 Å². The highest BCUT2D eigenvalue weighted by Gasteiger charge is 2.35. The van der Waals surface area contributed by atoms with E-state index in [-0.39, 0.29) is 5.91 Å². The second kappa shape index (κ2) is 8.01. The Labute approximate surface area is 163 Å². The highest BCUT2D eigenvalue weighted by molar-refractivity contribution is 7.99. The van der Waals surface area contributed by atoms with E-state index < -0.39 is 0 Å². The molecule has 2 aromatic rings. The second-order valence-electron chi connectivity index (χ2n) is 7.09. The molecule has 0 spiro atoms. The standard InChI is InChI=1S/C19H23ClN4OS/c20-15-7-3-8-16(11-15)24-13-21-22-19(24)26-12-18(25)23-10-4-6-14-5-1-2-9-17(14)23/h3,7-8,11,13-14,17H,1-2,4-6,9-10,12H2/t14-,17-/m0/s1. The number of amides is 1. The van der Waals surface area contributed by atoms with Crippen molar-refractivity contribution >= 4 is 29.3 Å². The lowest BCUT2D eigenvalue weighted by atomic mass is 9.78. The summed E-state index contributed by atoms with van der Waals surface area (Å²) in [4.78, 5) is 15.0. The minimum absolute atomic E-state index is 0.229. The van der Waals surface area contributed by atoms with Crippen LogP contribution in [-0.4, -0.2) is 43.9 Å². The van der Waals surface area contributed by atoms with Crippen LogP contribution in [0.5, 0.6) is 0 Å². The maximum atomic E-state index is 12.9. The van der Waals surface area contributed by atoms with Gasteiger partial charge in [0.1, 0.15) is 6.33 Å². The summed E-state index contributed by atoms with van der Waals surface area (Å²) in [7, 11) is 0. The van der Waals surface area contributed by atoms with Crippen molar-refractivity contribution in [2.24, 2.45) is 5.92 Å². The molecule has 1 aliphatic heterocycles. The first kappa shape index (κ1) is 17.9. The number of halogens is 1. The molecule has 1 saturated heterocycles. The third kappa shape index (κ3) is 3.76. The molecule has 0 bridgehead atoms. The molecule has 1 saturated carbocycles. The van der Waals surface area contributed by atoms with Crippen molar-refractivity contribution in [2.75, 3.05) is 12.3 Å². The van der Waals surface area contributed by atoms with Crippen molar-refractivity contribution < 1.29 is 4.79 Å². The van der Waals surface area contributed by atoms with Gasteiger partial charge in [0, 0.05) is 17.6 Å². The largest absolute Gasteiger partial charge is 0.339 e. The number of benzene rings is 1. The molecule has 2 fully saturated rings. The lowest BCUT2D eigenvalue weighted by molar-refractivity contribution is -0.134. The third-order valence-electron chi connectivity index (χ3n) is 5.49. The minimum Gasteiger partial charge on any atom is -0.339 e. The van der Waals surface area contributed by atoms with E-state index in [9.17, 15) is 4.79 Å². The van der Waals surface area contributed by atoms with Crippen molar-refractivity contribution in [3.63, 3.8) is 0 Å². The number of carbonyl (C=O) groups excluding carboxylic acids is 1. The van der Waals surface area contributed by atoms with Crippen molar-refractivity contribution in [3.05, 3.63) is 35.6 Å².